The molecule has 1 fully saturated rings. The number of nitrogens with zero attached hydrogens (tertiary/aromatic N) is 6. The van der Waals surface area contributed by atoms with Gasteiger partial charge in [0.2, 0.25) is 5.65 Å². The Morgan fingerprint density at radius 3 is 2.67 bits per heavy atom. The number of ether oxygens (including phenoxy) is 1. The molecule has 3 aromatic heterocycles. The summed E-state index contributed by atoms with van der Waals surface area (Å²) in [6.07, 6.45) is 1.30. The summed E-state index contributed by atoms with van der Waals surface area (Å²) >= 11 is 0. The molecule has 1 aliphatic heterocycles. The third-order valence-electron chi connectivity index (χ3n) is 5.13. The van der Waals surface area contributed by atoms with Gasteiger partial charge in [0, 0.05) is 38.3 Å². The number of methoxy groups -OCH3 is 1. The maximum atomic E-state index is 12.6. The standard InChI is InChI=1S/C20H23F3N8O2/c1-12-8-31-11-15(29-19(33-2)17(31)27-12)28-18(32)14-6-26-16(7-25-14)30-9-13(10-30)5-24-4-3-20(21,22)23/h6-8,11,13,24H,3-5,9-10H2,1-2H3,(H,28,32). The Morgan fingerprint density at radius 2 is 2.00 bits per heavy atom. The molecule has 0 saturated carbocycles. The van der Waals surface area contributed by atoms with Crippen LogP contribution in [0, 0.1) is 12.8 Å². The summed E-state index contributed by atoms with van der Waals surface area (Å²) in [6, 6.07) is 0. The molecule has 0 radical (unpaired) electrons. The Balaban J connectivity index is 1.30. The highest BCUT2D eigenvalue weighted by molar-refractivity contribution is 6.02. The van der Waals surface area contributed by atoms with Gasteiger partial charge in [-0.1, -0.05) is 0 Å². The van der Waals surface area contributed by atoms with Crippen molar-refractivity contribution >= 4 is 23.2 Å². The minimum atomic E-state index is -4.14. The Hall–Kier alpha value is -3.48. The van der Waals surface area contributed by atoms with Gasteiger partial charge in [-0.25, -0.2) is 15.0 Å². The van der Waals surface area contributed by atoms with Gasteiger partial charge < -0.3 is 20.3 Å². The summed E-state index contributed by atoms with van der Waals surface area (Å²) in [4.78, 5) is 31.6. The smallest absolute Gasteiger partial charge is 0.390 e. The lowest BCUT2D eigenvalue weighted by Gasteiger charge is -2.40. The predicted octanol–water partition coefficient (Wildman–Crippen LogP) is 2.07. The molecule has 176 valence electrons. The number of carbonyl (C=O) groups is 1. The number of amides is 1. The van der Waals surface area contributed by atoms with Crippen LogP contribution in [0.1, 0.15) is 22.6 Å². The van der Waals surface area contributed by atoms with Crippen LogP contribution >= 0.6 is 0 Å². The van der Waals surface area contributed by atoms with Gasteiger partial charge in [-0.3, -0.25) is 9.20 Å². The number of carbonyl (C=O) groups excluding carboxylic acids is 1. The zero-order chi connectivity index (χ0) is 23.6. The lowest BCUT2D eigenvalue weighted by molar-refractivity contribution is -0.133. The van der Waals surface area contributed by atoms with Crippen molar-refractivity contribution in [3.8, 4) is 5.88 Å². The molecule has 0 bridgehead atoms. The molecule has 0 atom stereocenters. The van der Waals surface area contributed by atoms with Gasteiger partial charge >= 0.3 is 6.18 Å². The topological polar surface area (TPSA) is 110 Å². The first-order valence-corrected chi connectivity index (χ1v) is 10.3. The van der Waals surface area contributed by atoms with Crippen LogP contribution in [-0.4, -0.2) is 69.7 Å². The molecule has 4 rings (SSSR count). The summed E-state index contributed by atoms with van der Waals surface area (Å²) in [5.74, 6) is 0.924. The van der Waals surface area contributed by atoms with E-state index < -0.39 is 18.5 Å². The highest BCUT2D eigenvalue weighted by Gasteiger charge is 2.29. The van der Waals surface area contributed by atoms with Crippen molar-refractivity contribution in [3.05, 3.63) is 36.2 Å². The molecule has 0 aliphatic carbocycles. The van der Waals surface area contributed by atoms with E-state index in [0.717, 1.165) is 5.69 Å². The van der Waals surface area contributed by atoms with Gasteiger partial charge in [0.1, 0.15) is 11.5 Å². The first-order valence-electron chi connectivity index (χ1n) is 10.3. The largest absolute Gasteiger partial charge is 0.478 e. The second-order valence-electron chi connectivity index (χ2n) is 7.80. The molecule has 3 aromatic rings. The first-order chi connectivity index (χ1) is 15.7. The van der Waals surface area contributed by atoms with E-state index in [0.29, 0.717) is 31.1 Å². The van der Waals surface area contributed by atoms with Crippen LogP contribution < -0.4 is 20.3 Å². The van der Waals surface area contributed by atoms with Crippen LogP contribution in [0.15, 0.2) is 24.8 Å². The van der Waals surface area contributed by atoms with Crippen molar-refractivity contribution in [2.75, 3.05) is 43.5 Å². The third-order valence-corrected chi connectivity index (χ3v) is 5.13. The van der Waals surface area contributed by atoms with Crippen molar-refractivity contribution in [2.45, 2.75) is 19.5 Å². The number of imidazole rings is 1. The third kappa shape index (κ3) is 5.48. The van der Waals surface area contributed by atoms with E-state index in [9.17, 15) is 18.0 Å². The lowest BCUT2D eigenvalue weighted by Crippen LogP contribution is -2.51. The van der Waals surface area contributed by atoms with Gasteiger partial charge in [-0.2, -0.15) is 18.2 Å². The number of rotatable bonds is 8. The Kier molecular flexibility index (Phi) is 6.31. The van der Waals surface area contributed by atoms with Crippen molar-refractivity contribution in [2.24, 2.45) is 5.92 Å². The van der Waals surface area contributed by atoms with E-state index in [1.165, 1.54) is 19.5 Å². The minimum Gasteiger partial charge on any atom is -0.478 e. The van der Waals surface area contributed by atoms with E-state index in [1.54, 1.807) is 16.8 Å². The molecule has 2 N–H and O–H groups in total. The molecule has 13 heteroatoms. The molecule has 1 aliphatic rings. The van der Waals surface area contributed by atoms with Crippen LogP contribution in [0.4, 0.5) is 24.8 Å². The maximum absolute atomic E-state index is 12.6. The summed E-state index contributed by atoms with van der Waals surface area (Å²) < 4.78 is 43.5. The van der Waals surface area contributed by atoms with Crippen LogP contribution in [-0.2, 0) is 0 Å². The summed E-state index contributed by atoms with van der Waals surface area (Å²) in [5.41, 5.74) is 1.44. The molecule has 4 heterocycles. The van der Waals surface area contributed by atoms with Gasteiger partial charge in [-0.15, -0.1) is 0 Å². The van der Waals surface area contributed by atoms with Gasteiger partial charge in [0.15, 0.2) is 5.82 Å². The number of hydrogen-bond acceptors (Lipinski definition) is 8. The molecule has 10 nitrogen and oxygen atoms in total. The van der Waals surface area contributed by atoms with Gasteiger partial charge in [-0.05, 0) is 6.92 Å². The number of aryl methyl sites for hydroxylation is 1. The zero-order valence-electron chi connectivity index (χ0n) is 18.1. The van der Waals surface area contributed by atoms with Gasteiger partial charge in [0.05, 0.1) is 37.8 Å². The summed E-state index contributed by atoms with van der Waals surface area (Å²) in [7, 11) is 1.47. The van der Waals surface area contributed by atoms with Crippen molar-refractivity contribution in [1.82, 2.24) is 29.7 Å². The number of nitrogens with one attached hydrogen (secondary N) is 2. The van der Waals surface area contributed by atoms with Crippen LogP contribution in [0.2, 0.25) is 0 Å². The first kappa shape index (κ1) is 22.7. The SMILES string of the molecule is COc1nc(NC(=O)c2cnc(N3CC(CNCCC(F)(F)F)C3)cn2)cn2cc(C)nc12. The van der Waals surface area contributed by atoms with Crippen molar-refractivity contribution < 1.29 is 22.7 Å². The number of anilines is 2. The minimum absolute atomic E-state index is 0.0856. The molecule has 0 aromatic carbocycles. The zero-order valence-corrected chi connectivity index (χ0v) is 18.1. The van der Waals surface area contributed by atoms with E-state index in [1.807, 2.05) is 11.8 Å². The number of alkyl halides is 3. The average molecular weight is 464 g/mol. The summed E-state index contributed by atoms with van der Waals surface area (Å²) in [6.45, 7) is 3.59. The fraction of sp³-hybridized carbons (Fsp3) is 0.450. The normalized spacial score (nSPS) is 14.4. The lowest BCUT2D eigenvalue weighted by atomic mass is 10.0. The number of hydrogen-bond donors (Lipinski definition) is 2. The van der Waals surface area contributed by atoms with Crippen LogP contribution in [0.25, 0.3) is 5.65 Å². The highest BCUT2D eigenvalue weighted by atomic mass is 19.4. The molecular weight excluding hydrogens is 441 g/mol. The van der Waals surface area contributed by atoms with Crippen molar-refractivity contribution in [1.29, 1.82) is 0 Å². The van der Waals surface area contributed by atoms with E-state index >= 15 is 0 Å². The molecule has 33 heavy (non-hydrogen) atoms. The second kappa shape index (κ2) is 9.17. The fourth-order valence-corrected chi connectivity index (χ4v) is 3.49. The van der Waals surface area contributed by atoms with Gasteiger partial charge in [0.25, 0.3) is 11.8 Å². The predicted molar refractivity (Wildman–Crippen MR) is 114 cm³/mol. The number of fused-ring (bicyclic) bond motifs is 1. The highest BCUT2D eigenvalue weighted by Crippen LogP contribution is 2.23. The number of halogens is 3. The van der Waals surface area contributed by atoms with E-state index in [4.69, 9.17) is 4.74 Å². The average Bonchev–Trinajstić information content (AvgIpc) is 3.11. The Morgan fingerprint density at radius 1 is 1.21 bits per heavy atom. The monoisotopic (exact) mass is 464 g/mol. The summed E-state index contributed by atoms with van der Waals surface area (Å²) in [5, 5.41) is 5.50. The van der Waals surface area contributed by atoms with Crippen LogP contribution in [0.5, 0.6) is 5.88 Å². The molecule has 1 amide bonds. The maximum Gasteiger partial charge on any atom is 0.390 e. The Bertz CT molecular complexity index is 1130. The second-order valence-corrected chi connectivity index (χ2v) is 7.80. The number of aromatic nitrogens is 5. The fourth-order valence-electron chi connectivity index (χ4n) is 3.49. The quantitative estimate of drug-likeness (QED) is 0.488. The van der Waals surface area contributed by atoms with Crippen LogP contribution in [0.3, 0.4) is 0 Å². The Labute approximate surface area is 187 Å². The molecule has 0 spiro atoms. The molecular formula is C20H23F3N8O2. The van der Waals surface area contributed by atoms with E-state index in [-0.39, 0.29) is 29.9 Å². The molecule has 1 saturated heterocycles. The van der Waals surface area contributed by atoms with Crippen molar-refractivity contribution in [3.63, 3.8) is 0 Å². The molecule has 0 unspecified atom stereocenters. The van der Waals surface area contributed by atoms with E-state index in [2.05, 4.69) is 30.6 Å².